The zero-order valence-corrected chi connectivity index (χ0v) is 14.9. The highest BCUT2D eigenvalue weighted by Crippen LogP contribution is 2.30. The Morgan fingerprint density at radius 1 is 1.08 bits per heavy atom. The number of hydrogen-bond acceptors (Lipinski definition) is 3. The van der Waals surface area contributed by atoms with Gasteiger partial charge in [0.2, 0.25) is 11.8 Å². The van der Waals surface area contributed by atoms with Crippen LogP contribution in [0, 0.1) is 6.92 Å². The fourth-order valence-electron chi connectivity index (χ4n) is 3.25. The van der Waals surface area contributed by atoms with Gasteiger partial charge >= 0.3 is 0 Å². The summed E-state index contributed by atoms with van der Waals surface area (Å²) in [4.78, 5) is 24.1. The van der Waals surface area contributed by atoms with Gasteiger partial charge in [-0.2, -0.15) is 0 Å². The minimum atomic E-state index is -0.631. The molecule has 2 unspecified atom stereocenters. The van der Waals surface area contributed by atoms with Crippen molar-refractivity contribution in [3.05, 3.63) is 70.8 Å². The van der Waals surface area contributed by atoms with Crippen molar-refractivity contribution in [2.24, 2.45) is 0 Å². The van der Waals surface area contributed by atoms with Gasteiger partial charge in [-0.05, 0) is 30.0 Å². The zero-order chi connectivity index (χ0) is 18.5. The first kappa shape index (κ1) is 18.1. The van der Waals surface area contributed by atoms with Crippen molar-refractivity contribution in [1.82, 2.24) is 10.6 Å². The van der Waals surface area contributed by atoms with Gasteiger partial charge in [-0.3, -0.25) is 9.59 Å². The van der Waals surface area contributed by atoms with Gasteiger partial charge in [-0.1, -0.05) is 54.1 Å². The number of nitrogens with one attached hydrogen (secondary N) is 2. The average Bonchev–Trinajstić information content (AvgIpc) is 2.95. The third-order valence-electron chi connectivity index (χ3n) is 4.73. The van der Waals surface area contributed by atoms with Gasteiger partial charge in [0.25, 0.3) is 0 Å². The molecule has 0 saturated heterocycles. The highest BCUT2D eigenvalue weighted by Gasteiger charge is 2.31. The standard InChI is InChI=1S/C21H24N2O3/c1-14-6-8-15(9-7-14)10-11-19(25)22-13-20(26)23-21-17-5-3-2-4-16(17)12-18(21)24/h2-9,18,21,24H,10-13H2,1H3,(H,22,25)(H,23,26). The first-order valence-electron chi connectivity index (χ1n) is 8.90. The molecule has 26 heavy (non-hydrogen) atoms. The molecule has 136 valence electrons. The number of amides is 2. The van der Waals surface area contributed by atoms with Gasteiger partial charge < -0.3 is 15.7 Å². The first-order chi connectivity index (χ1) is 12.5. The Balaban J connectivity index is 1.44. The van der Waals surface area contributed by atoms with Crippen molar-refractivity contribution in [2.45, 2.75) is 38.3 Å². The summed E-state index contributed by atoms with van der Waals surface area (Å²) in [6.45, 7) is 1.94. The molecular weight excluding hydrogens is 328 g/mol. The van der Waals surface area contributed by atoms with E-state index >= 15 is 0 Å². The van der Waals surface area contributed by atoms with E-state index < -0.39 is 12.1 Å². The first-order valence-corrected chi connectivity index (χ1v) is 8.90. The van der Waals surface area contributed by atoms with E-state index in [0.29, 0.717) is 19.3 Å². The van der Waals surface area contributed by atoms with Crippen molar-refractivity contribution in [3.63, 3.8) is 0 Å². The second kappa shape index (κ2) is 8.15. The van der Waals surface area contributed by atoms with Gasteiger partial charge in [-0.25, -0.2) is 0 Å². The van der Waals surface area contributed by atoms with E-state index in [1.807, 2.05) is 55.5 Å². The van der Waals surface area contributed by atoms with Crippen LogP contribution < -0.4 is 10.6 Å². The van der Waals surface area contributed by atoms with Crippen LogP contribution in [0.4, 0.5) is 0 Å². The molecule has 3 N–H and O–H groups in total. The Hall–Kier alpha value is -2.66. The SMILES string of the molecule is Cc1ccc(CCC(=O)NCC(=O)NC2c3ccccc3CC2O)cc1. The lowest BCUT2D eigenvalue weighted by molar-refractivity contribution is -0.126. The Bertz CT molecular complexity index is 786. The summed E-state index contributed by atoms with van der Waals surface area (Å²) < 4.78 is 0. The van der Waals surface area contributed by atoms with Crippen LogP contribution in [0.2, 0.25) is 0 Å². The normalized spacial score (nSPS) is 18.2. The zero-order valence-electron chi connectivity index (χ0n) is 14.9. The lowest BCUT2D eigenvalue weighted by Crippen LogP contribution is -2.41. The molecule has 0 fully saturated rings. The van der Waals surface area contributed by atoms with E-state index in [9.17, 15) is 14.7 Å². The van der Waals surface area contributed by atoms with Gasteiger partial charge in [-0.15, -0.1) is 0 Å². The summed E-state index contributed by atoms with van der Waals surface area (Å²) in [5, 5.41) is 15.6. The molecule has 5 heteroatoms. The molecule has 2 aromatic carbocycles. The molecule has 0 bridgehead atoms. The summed E-state index contributed by atoms with van der Waals surface area (Å²) in [6, 6.07) is 15.3. The maximum atomic E-state index is 12.1. The molecule has 2 aromatic rings. The van der Waals surface area contributed by atoms with Gasteiger partial charge in [0, 0.05) is 12.8 Å². The summed E-state index contributed by atoms with van der Waals surface area (Å²) in [7, 11) is 0. The molecule has 0 aromatic heterocycles. The number of benzene rings is 2. The molecule has 0 aliphatic heterocycles. The fourth-order valence-corrected chi connectivity index (χ4v) is 3.25. The number of hydrogen-bond donors (Lipinski definition) is 3. The molecule has 5 nitrogen and oxygen atoms in total. The monoisotopic (exact) mass is 352 g/mol. The summed E-state index contributed by atoms with van der Waals surface area (Å²) in [5.74, 6) is -0.456. The van der Waals surface area contributed by atoms with E-state index in [4.69, 9.17) is 0 Å². The van der Waals surface area contributed by atoms with Crippen molar-refractivity contribution >= 4 is 11.8 Å². The van der Waals surface area contributed by atoms with Crippen LogP contribution in [0.15, 0.2) is 48.5 Å². The van der Waals surface area contributed by atoms with E-state index in [1.54, 1.807) is 0 Å². The molecular formula is C21H24N2O3. The molecule has 0 saturated carbocycles. The smallest absolute Gasteiger partial charge is 0.239 e. The minimum Gasteiger partial charge on any atom is -0.390 e. The minimum absolute atomic E-state index is 0.0852. The van der Waals surface area contributed by atoms with Crippen LogP contribution in [0.1, 0.15) is 34.7 Å². The van der Waals surface area contributed by atoms with Gasteiger partial charge in [0.15, 0.2) is 0 Å². The van der Waals surface area contributed by atoms with Crippen LogP contribution >= 0.6 is 0 Å². The Kier molecular flexibility index (Phi) is 5.68. The molecule has 1 aliphatic carbocycles. The predicted molar refractivity (Wildman–Crippen MR) is 99.5 cm³/mol. The highest BCUT2D eigenvalue weighted by molar-refractivity contribution is 5.85. The van der Waals surface area contributed by atoms with E-state index in [0.717, 1.165) is 16.7 Å². The topological polar surface area (TPSA) is 78.4 Å². The van der Waals surface area contributed by atoms with Gasteiger partial charge in [0.1, 0.15) is 0 Å². The second-order valence-corrected chi connectivity index (χ2v) is 6.78. The third kappa shape index (κ3) is 4.49. The van der Waals surface area contributed by atoms with Gasteiger partial charge in [0.05, 0.1) is 18.7 Å². The quantitative estimate of drug-likeness (QED) is 0.742. The largest absolute Gasteiger partial charge is 0.390 e. The number of aliphatic hydroxyl groups excluding tert-OH is 1. The van der Waals surface area contributed by atoms with Crippen LogP contribution in [0.5, 0.6) is 0 Å². The average molecular weight is 352 g/mol. The van der Waals surface area contributed by atoms with Crippen LogP contribution in [0.3, 0.4) is 0 Å². The van der Waals surface area contributed by atoms with E-state index in [1.165, 1.54) is 5.56 Å². The molecule has 1 aliphatic rings. The number of fused-ring (bicyclic) bond motifs is 1. The second-order valence-electron chi connectivity index (χ2n) is 6.78. The number of aliphatic hydroxyl groups is 1. The van der Waals surface area contributed by atoms with Crippen LogP contribution in [-0.4, -0.2) is 29.6 Å². The molecule has 0 heterocycles. The number of carbonyl (C=O) groups excluding carboxylic acids is 2. The lowest BCUT2D eigenvalue weighted by Gasteiger charge is -2.18. The van der Waals surface area contributed by atoms with Crippen LogP contribution in [-0.2, 0) is 22.4 Å². The highest BCUT2D eigenvalue weighted by atomic mass is 16.3. The maximum Gasteiger partial charge on any atom is 0.239 e. The van der Waals surface area contributed by atoms with Crippen molar-refractivity contribution < 1.29 is 14.7 Å². The molecule has 2 amide bonds. The number of carbonyl (C=O) groups is 2. The lowest BCUT2D eigenvalue weighted by atomic mass is 10.1. The van der Waals surface area contributed by atoms with Crippen molar-refractivity contribution in [3.8, 4) is 0 Å². The van der Waals surface area contributed by atoms with E-state index in [-0.39, 0.29) is 18.4 Å². The summed E-state index contributed by atoms with van der Waals surface area (Å²) >= 11 is 0. The third-order valence-corrected chi connectivity index (χ3v) is 4.73. The molecule has 0 spiro atoms. The van der Waals surface area contributed by atoms with Crippen molar-refractivity contribution in [2.75, 3.05) is 6.54 Å². The molecule has 2 atom stereocenters. The maximum absolute atomic E-state index is 12.1. The summed E-state index contributed by atoms with van der Waals surface area (Å²) in [5.41, 5.74) is 4.28. The molecule has 3 rings (SSSR count). The van der Waals surface area contributed by atoms with Crippen molar-refractivity contribution in [1.29, 1.82) is 0 Å². The Morgan fingerprint density at radius 2 is 1.81 bits per heavy atom. The Morgan fingerprint density at radius 3 is 2.58 bits per heavy atom. The number of rotatable bonds is 6. The Labute approximate surface area is 153 Å². The number of aryl methyl sites for hydroxylation is 2. The van der Waals surface area contributed by atoms with E-state index in [2.05, 4.69) is 10.6 Å². The summed E-state index contributed by atoms with van der Waals surface area (Å²) in [6.07, 6.45) is 0.881. The van der Waals surface area contributed by atoms with Crippen LogP contribution in [0.25, 0.3) is 0 Å². The molecule has 0 radical (unpaired) electrons. The fraction of sp³-hybridized carbons (Fsp3) is 0.333. The predicted octanol–water partition coefficient (Wildman–Crippen LogP) is 1.82.